The predicted octanol–water partition coefficient (Wildman–Crippen LogP) is 3.52. The van der Waals surface area contributed by atoms with E-state index in [2.05, 4.69) is 5.32 Å². The molecule has 1 aromatic carbocycles. The van der Waals surface area contributed by atoms with Crippen LogP contribution in [-0.2, 0) is 0 Å². The number of aliphatic hydroxyl groups is 1. The van der Waals surface area contributed by atoms with Crippen LogP contribution < -0.4 is 5.32 Å². The number of aliphatic hydroxyl groups excluding tert-OH is 1. The van der Waals surface area contributed by atoms with E-state index in [4.69, 9.17) is 0 Å². The Morgan fingerprint density at radius 2 is 2.12 bits per heavy atom. The average molecular weight is 376 g/mol. The molecule has 2 N–H and O–H groups in total. The number of halogens is 1. The van der Waals surface area contributed by atoms with Crippen LogP contribution in [0, 0.1) is 5.82 Å². The third kappa shape index (κ3) is 4.28. The van der Waals surface area contributed by atoms with E-state index >= 15 is 0 Å². The summed E-state index contributed by atoms with van der Waals surface area (Å²) in [5.41, 5.74) is 0.946. The molecule has 1 saturated heterocycles. The molecule has 138 valence electrons. The molecule has 1 fully saturated rings. The van der Waals surface area contributed by atoms with Crippen LogP contribution >= 0.6 is 11.3 Å². The fourth-order valence-corrected chi connectivity index (χ4v) is 3.90. The smallest absolute Gasteiger partial charge is 0.256 e. The lowest BCUT2D eigenvalue weighted by Crippen LogP contribution is -2.44. The minimum Gasteiger partial charge on any atom is -0.396 e. The van der Waals surface area contributed by atoms with E-state index in [1.807, 2.05) is 0 Å². The zero-order valence-corrected chi connectivity index (χ0v) is 15.1. The second-order valence-corrected chi connectivity index (χ2v) is 7.14. The van der Waals surface area contributed by atoms with Crippen molar-refractivity contribution in [2.24, 2.45) is 0 Å². The number of anilines is 1. The van der Waals surface area contributed by atoms with Gasteiger partial charge in [0.1, 0.15) is 5.82 Å². The van der Waals surface area contributed by atoms with Crippen molar-refractivity contribution in [3.8, 4) is 0 Å². The Morgan fingerprint density at radius 1 is 1.27 bits per heavy atom. The fourth-order valence-electron chi connectivity index (χ4n) is 3.27. The first-order valence-corrected chi connectivity index (χ1v) is 9.58. The van der Waals surface area contributed by atoms with E-state index in [0.717, 1.165) is 19.3 Å². The van der Waals surface area contributed by atoms with E-state index in [-0.39, 0.29) is 35.7 Å². The molecule has 7 heteroatoms. The lowest BCUT2D eigenvalue weighted by atomic mass is 9.98. The zero-order valence-electron chi connectivity index (χ0n) is 14.3. The van der Waals surface area contributed by atoms with E-state index < -0.39 is 5.82 Å². The van der Waals surface area contributed by atoms with Crippen LogP contribution in [-0.4, -0.2) is 41.0 Å². The summed E-state index contributed by atoms with van der Waals surface area (Å²) in [6.45, 7) is 0.607. The number of likely N-dealkylation sites (tertiary alicyclic amines) is 1. The molecule has 1 unspecified atom stereocenters. The number of nitrogens with one attached hydrogen (secondary N) is 1. The second kappa shape index (κ2) is 8.42. The topological polar surface area (TPSA) is 69.6 Å². The fraction of sp³-hybridized carbons (Fsp3) is 0.368. The molecule has 2 heterocycles. The minimum absolute atomic E-state index is 0.0134. The summed E-state index contributed by atoms with van der Waals surface area (Å²) in [4.78, 5) is 26.7. The molecule has 1 aliphatic heterocycles. The van der Waals surface area contributed by atoms with Crippen molar-refractivity contribution >= 4 is 28.8 Å². The van der Waals surface area contributed by atoms with Gasteiger partial charge in [-0.05, 0) is 55.3 Å². The quantitative estimate of drug-likeness (QED) is 0.839. The highest BCUT2D eigenvalue weighted by molar-refractivity contribution is 7.08. The van der Waals surface area contributed by atoms with E-state index in [0.29, 0.717) is 18.5 Å². The third-order valence-electron chi connectivity index (χ3n) is 4.54. The highest BCUT2D eigenvalue weighted by atomic mass is 32.1. The van der Waals surface area contributed by atoms with Gasteiger partial charge in [-0.25, -0.2) is 4.39 Å². The number of amides is 2. The number of nitrogens with zero attached hydrogens (tertiary/aromatic N) is 1. The van der Waals surface area contributed by atoms with Crippen molar-refractivity contribution < 1.29 is 19.1 Å². The van der Waals surface area contributed by atoms with Crippen molar-refractivity contribution in [3.05, 3.63) is 52.0 Å². The standard InChI is InChI=1S/C19H21FN2O3S/c20-15-9-14(19(25)22-6-2-1-3-17(22)4-7-23)10-16(11-15)21-18(24)13-5-8-26-12-13/h5,8-12,17,23H,1-4,6-7H2,(H,21,24). The molecule has 1 atom stereocenters. The number of thiophene rings is 1. The van der Waals surface area contributed by atoms with Crippen molar-refractivity contribution in [2.75, 3.05) is 18.5 Å². The Balaban J connectivity index is 1.80. The van der Waals surface area contributed by atoms with Gasteiger partial charge in [0, 0.05) is 35.8 Å². The summed E-state index contributed by atoms with van der Waals surface area (Å²) < 4.78 is 14.0. The Kier molecular flexibility index (Phi) is 6.00. The van der Waals surface area contributed by atoms with Crippen molar-refractivity contribution in [2.45, 2.75) is 31.7 Å². The largest absolute Gasteiger partial charge is 0.396 e. The molecular formula is C19H21FN2O3S. The summed E-state index contributed by atoms with van der Waals surface area (Å²) in [6, 6.07) is 5.53. The molecular weight excluding hydrogens is 355 g/mol. The van der Waals surface area contributed by atoms with E-state index in [1.54, 1.807) is 21.7 Å². The van der Waals surface area contributed by atoms with E-state index in [1.165, 1.54) is 29.5 Å². The maximum absolute atomic E-state index is 14.0. The van der Waals surface area contributed by atoms with Gasteiger partial charge in [0.15, 0.2) is 0 Å². The molecule has 0 spiro atoms. The first kappa shape index (κ1) is 18.5. The average Bonchev–Trinajstić information content (AvgIpc) is 3.16. The van der Waals surface area contributed by atoms with Gasteiger partial charge in [-0.2, -0.15) is 11.3 Å². The van der Waals surface area contributed by atoms with Crippen LogP contribution in [0.5, 0.6) is 0 Å². The normalized spacial score (nSPS) is 17.2. The van der Waals surface area contributed by atoms with Gasteiger partial charge in [0.25, 0.3) is 11.8 Å². The molecule has 0 radical (unpaired) electrons. The van der Waals surface area contributed by atoms with Gasteiger partial charge in [-0.3, -0.25) is 9.59 Å². The molecule has 1 aromatic heterocycles. The lowest BCUT2D eigenvalue weighted by molar-refractivity contribution is 0.0574. The number of piperidine rings is 1. The molecule has 1 aliphatic rings. The molecule has 2 aromatic rings. The monoisotopic (exact) mass is 376 g/mol. The van der Waals surface area contributed by atoms with Gasteiger partial charge < -0.3 is 15.3 Å². The minimum atomic E-state index is -0.577. The molecule has 0 bridgehead atoms. The van der Waals surface area contributed by atoms with Crippen LogP contribution in [0.25, 0.3) is 0 Å². The van der Waals surface area contributed by atoms with Crippen LogP contribution in [0.1, 0.15) is 46.4 Å². The van der Waals surface area contributed by atoms with Gasteiger partial charge in [0.05, 0.1) is 5.56 Å². The maximum Gasteiger partial charge on any atom is 0.256 e. The van der Waals surface area contributed by atoms with Crippen LogP contribution in [0.3, 0.4) is 0 Å². The maximum atomic E-state index is 14.0. The first-order valence-electron chi connectivity index (χ1n) is 8.64. The summed E-state index contributed by atoms with van der Waals surface area (Å²) >= 11 is 1.40. The Bertz CT molecular complexity index is 777. The first-order chi connectivity index (χ1) is 12.6. The van der Waals surface area contributed by atoms with Crippen molar-refractivity contribution in [3.63, 3.8) is 0 Å². The van der Waals surface area contributed by atoms with Crippen LogP contribution in [0.2, 0.25) is 0 Å². The Morgan fingerprint density at radius 3 is 2.85 bits per heavy atom. The summed E-state index contributed by atoms with van der Waals surface area (Å²) in [5, 5.41) is 15.3. The number of hydrogen-bond acceptors (Lipinski definition) is 4. The molecule has 2 amide bonds. The van der Waals surface area contributed by atoms with Gasteiger partial charge in [-0.15, -0.1) is 0 Å². The number of benzene rings is 1. The molecule has 0 aliphatic carbocycles. The lowest BCUT2D eigenvalue weighted by Gasteiger charge is -2.35. The number of carbonyl (C=O) groups excluding carboxylic acids is 2. The summed E-state index contributed by atoms with van der Waals surface area (Å²) in [5.74, 6) is -1.19. The zero-order chi connectivity index (χ0) is 18.5. The van der Waals surface area contributed by atoms with E-state index in [9.17, 15) is 19.1 Å². The van der Waals surface area contributed by atoms with Crippen LogP contribution in [0.15, 0.2) is 35.0 Å². The summed E-state index contributed by atoms with van der Waals surface area (Å²) in [6.07, 6.45) is 3.26. The molecule has 26 heavy (non-hydrogen) atoms. The third-order valence-corrected chi connectivity index (χ3v) is 5.22. The van der Waals surface area contributed by atoms with Crippen LogP contribution in [0.4, 0.5) is 10.1 Å². The van der Waals surface area contributed by atoms with Gasteiger partial charge >= 0.3 is 0 Å². The number of hydrogen-bond donors (Lipinski definition) is 2. The van der Waals surface area contributed by atoms with Crippen molar-refractivity contribution in [1.29, 1.82) is 0 Å². The van der Waals surface area contributed by atoms with Crippen molar-refractivity contribution in [1.82, 2.24) is 4.90 Å². The highest BCUT2D eigenvalue weighted by Crippen LogP contribution is 2.24. The predicted molar refractivity (Wildman–Crippen MR) is 99.1 cm³/mol. The SMILES string of the molecule is O=C(Nc1cc(F)cc(C(=O)N2CCCCC2CCO)c1)c1ccsc1. The molecule has 5 nitrogen and oxygen atoms in total. The Hall–Kier alpha value is -2.25. The molecule has 3 rings (SSSR count). The number of rotatable bonds is 5. The highest BCUT2D eigenvalue weighted by Gasteiger charge is 2.27. The Labute approximate surface area is 155 Å². The number of carbonyl (C=O) groups is 2. The van der Waals surface area contributed by atoms with Gasteiger partial charge in [0.2, 0.25) is 0 Å². The molecule has 0 saturated carbocycles. The summed E-state index contributed by atoms with van der Waals surface area (Å²) in [7, 11) is 0. The van der Waals surface area contributed by atoms with Gasteiger partial charge in [-0.1, -0.05) is 0 Å². The second-order valence-electron chi connectivity index (χ2n) is 6.36.